The Morgan fingerprint density at radius 2 is 2.43 bits per heavy atom. The maximum Gasteiger partial charge on any atom is 0.321 e. The van der Waals surface area contributed by atoms with E-state index in [4.69, 9.17) is 4.52 Å². The topological polar surface area (TPSA) is 63.8 Å². The number of hydrogen-bond acceptors (Lipinski definition) is 5. The standard InChI is InChI=1S/C9H10N4O/c1-10-9-12-8(13-14-9)5-7-3-2-4-11-6-7/h2-4,6H,5H2,1H3,(H,10,12,13). The van der Waals surface area contributed by atoms with E-state index in [1.165, 1.54) is 0 Å². The number of rotatable bonds is 3. The number of hydrogen-bond donors (Lipinski definition) is 1. The van der Waals surface area contributed by atoms with Gasteiger partial charge in [-0.1, -0.05) is 11.2 Å². The summed E-state index contributed by atoms with van der Waals surface area (Å²) in [5.74, 6) is 0.655. The van der Waals surface area contributed by atoms with Crippen molar-refractivity contribution in [2.45, 2.75) is 6.42 Å². The highest BCUT2D eigenvalue weighted by Gasteiger charge is 2.04. The van der Waals surface area contributed by atoms with Crippen LogP contribution in [0.4, 0.5) is 6.01 Å². The summed E-state index contributed by atoms with van der Waals surface area (Å²) in [7, 11) is 1.74. The third-order valence-corrected chi connectivity index (χ3v) is 1.77. The molecule has 14 heavy (non-hydrogen) atoms. The van der Waals surface area contributed by atoms with Gasteiger partial charge in [-0.3, -0.25) is 4.98 Å². The molecule has 0 unspecified atom stereocenters. The van der Waals surface area contributed by atoms with Gasteiger partial charge in [-0.25, -0.2) is 0 Å². The summed E-state index contributed by atoms with van der Waals surface area (Å²) in [5, 5.41) is 6.58. The van der Waals surface area contributed by atoms with Crippen molar-refractivity contribution in [3.8, 4) is 0 Å². The van der Waals surface area contributed by atoms with E-state index in [0.717, 1.165) is 5.56 Å². The van der Waals surface area contributed by atoms with Crippen LogP contribution in [-0.4, -0.2) is 22.2 Å². The van der Waals surface area contributed by atoms with Gasteiger partial charge in [0.25, 0.3) is 0 Å². The molecule has 0 aromatic carbocycles. The fourth-order valence-corrected chi connectivity index (χ4v) is 1.11. The maximum absolute atomic E-state index is 4.89. The predicted octanol–water partition coefficient (Wildman–Crippen LogP) is 1.10. The Bertz CT molecular complexity index is 398. The van der Waals surface area contributed by atoms with E-state index >= 15 is 0 Å². The van der Waals surface area contributed by atoms with E-state index in [1.807, 2.05) is 12.1 Å². The summed E-state index contributed by atoms with van der Waals surface area (Å²) in [6, 6.07) is 4.29. The molecule has 2 aromatic rings. The van der Waals surface area contributed by atoms with Gasteiger partial charge in [-0.2, -0.15) is 4.98 Å². The van der Waals surface area contributed by atoms with Crippen molar-refractivity contribution in [2.24, 2.45) is 0 Å². The molecule has 2 rings (SSSR count). The monoisotopic (exact) mass is 190 g/mol. The minimum Gasteiger partial charge on any atom is -0.341 e. The summed E-state index contributed by atoms with van der Waals surface area (Å²) in [6.07, 6.45) is 4.16. The fraction of sp³-hybridized carbons (Fsp3) is 0.222. The number of nitrogens with zero attached hydrogens (tertiary/aromatic N) is 3. The molecule has 0 saturated carbocycles. The third kappa shape index (κ3) is 1.87. The second-order valence-electron chi connectivity index (χ2n) is 2.80. The first-order valence-electron chi connectivity index (χ1n) is 4.28. The van der Waals surface area contributed by atoms with Crippen LogP contribution in [0.5, 0.6) is 0 Å². The Hall–Kier alpha value is -1.91. The molecule has 2 aromatic heterocycles. The Kier molecular flexibility index (Phi) is 2.40. The smallest absolute Gasteiger partial charge is 0.321 e. The molecule has 1 N–H and O–H groups in total. The van der Waals surface area contributed by atoms with Gasteiger partial charge in [0.2, 0.25) is 0 Å². The average molecular weight is 190 g/mol. The highest BCUT2D eigenvalue weighted by Crippen LogP contribution is 2.07. The molecule has 0 aliphatic heterocycles. The lowest BCUT2D eigenvalue weighted by atomic mass is 10.2. The van der Waals surface area contributed by atoms with Crippen molar-refractivity contribution in [3.63, 3.8) is 0 Å². The van der Waals surface area contributed by atoms with Crippen molar-refractivity contribution in [1.29, 1.82) is 0 Å². The second-order valence-corrected chi connectivity index (χ2v) is 2.80. The average Bonchev–Trinajstić information content (AvgIpc) is 2.67. The summed E-state index contributed by atoms with van der Waals surface area (Å²) in [5.41, 5.74) is 1.07. The Balaban J connectivity index is 2.11. The second kappa shape index (κ2) is 3.87. The molecule has 0 fully saturated rings. The van der Waals surface area contributed by atoms with E-state index < -0.39 is 0 Å². The number of anilines is 1. The molecule has 5 nitrogen and oxygen atoms in total. The van der Waals surface area contributed by atoms with Gasteiger partial charge in [0.15, 0.2) is 5.82 Å². The summed E-state index contributed by atoms with van der Waals surface area (Å²) >= 11 is 0. The first-order valence-corrected chi connectivity index (χ1v) is 4.28. The lowest BCUT2D eigenvalue weighted by Crippen LogP contribution is -1.92. The number of nitrogens with one attached hydrogen (secondary N) is 1. The van der Waals surface area contributed by atoms with Crippen molar-refractivity contribution in [3.05, 3.63) is 35.9 Å². The molecule has 0 atom stereocenters. The van der Waals surface area contributed by atoms with Gasteiger partial charge in [0.1, 0.15) is 0 Å². The van der Waals surface area contributed by atoms with E-state index in [2.05, 4.69) is 20.4 Å². The van der Waals surface area contributed by atoms with Crippen LogP contribution in [0, 0.1) is 0 Å². The minimum atomic E-state index is 0.434. The molecule has 0 saturated heterocycles. The molecule has 2 heterocycles. The highest BCUT2D eigenvalue weighted by molar-refractivity contribution is 5.19. The van der Waals surface area contributed by atoms with Gasteiger partial charge in [0.05, 0.1) is 0 Å². The number of aromatic nitrogens is 3. The minimum absolute atomic E-state index is 0.434. The van der Waals surface area contributed by atoms with Crippen molar-refractivity contribution in [2.75, 3.05) is 12.4 Å². The Labute approximate surface area is 81.2 Å². The van der Waals surface area contributed by atoms with Crippen LogP contribution < -0.4 is 5.32 Å². The summed E-state index contributed by atoms with van der Waals surface area (Å²) in [6.45, 7) is 0. The van der Waals surface area contributed by atoms with Crippen LogP contribution in [0.2, 0.25) is 0 Å². The lowest BCUT2D eigenvalue weighted by molar-refractivity contribution is 0.425. The van der Waals surface area contributed by atoms with E-state index in [0.29, 0.717) is 18.3 Å². The van der Waals surface area contributed by atoms with Gasteiger partial charge >= 0.3 is 6.01 Å². The molecule has 0 amide bonds. The van der Waals surface area contributed by atoms with Gasteiger partial charge < -0.3 is 9.84 Å². The highest BCUT2D eigenvalue weighted by atomic mass is 16.5. The molecule has 0 spiro atoms. The molecule has 0 bridgehead atoms. The van der Waals surface area contributed by atoms with Crippen molar-refractivity contribution < 1.29 is 4.52 Å². The third-order valence-electron chi connectivity index (χ3n) is 1.77. The zero-order valence-corrected chi connectivity index (χ0v) is 7.77. The molecular weight excluding hydrogens is 180 g/mol. The van der Waals surface area contributed by atoms with Crippen LogP contribution in [0.15, 0.2) is 29.0 Å². The quantitative estimate of drug-likeness (QED) is 0.785. The molecular formula is C9H10N4O. The zero-order valence-electron chi connectivity index (χ0n) is 7.77. The molecule has 0 aliphatic carbocycles. The van der Waals surface area contributed by atoms with E-state index in [1.54, 1.807) is 19.4 Å². The largest absolute Gasteiger partial charge is 0.341 e. The molecule has 0 aliphatic rings. The first kappa shape index (κ1) is 8.68. The summed E-state index contributed by atoms with van der Waals surface area (Å²) < 4.78 is 4.89. The lowest BCUT2D eigenvalue weighted by Gasteiger charge is -1.93. The number of pyridine rings is 1. The van der Waals surface area contributed by atoms with Gasteiger partial charge in [0, 0.05) is 25.9 Å². The summed E-state index contributed by atoms with van der Waals surface area (Å²) in [4.78, 5) is 8.11. The maximum atomic E-state index is 4.89. The Morgan fingerprint density at radius 3 is 3.07 bits per heavy atom. The molecule has 0 radical (unpaired) electrons. The van der Waals surface area contributed by atoms with Crippen LogP contribution >= 0.6 is 0 Å². The fourth-order valence-electron chi connectivity index (χ4n) is 1.11. The Morgan fingerprint density at radius 1 is 1.50 bits per heavy atom. The molecule has 72 valence electrons. The predicted molar refractivity (Wildman–Crippen MR) is 50.9 cm³/mol. The van der Waals surface area contributed by atoms with Crippen LogP contribution in [0.3, 0.4) is 0 Å². The van der Waals surface area contributed by atoms with Crippen LogP contribution in [0.1, 0.15) is 11.4 Å². The van der Waals surface area contributed by atoms with E-state index in [9.17, 15) is 0 Å². The molecule has 5 heteroatoms. The zero-order chi connectivity index (χ0) is 9.80. The first-order chi connectivity index (χ1) is 6.88. The van der Waals surface area contributed by atoms with Crippen LogP contribution in [0.25, 0.3) is 0 Å². The van der Waals surface area contributed by atoms with Crippen LogP contribution in [-0.2, 0) is 6.42 Å². The van der Waals surface area contributed by atoms with Gasteiger partial charge in [-0.05, 0) is 11.6 Å². The van der Waals surface area contributed by atoms with E-state index in [-0.39, 0.29) is 0 Å². The SMILES string of the molecule is CNc1nc(Cc2cccnc2)no1. The normalized spacial score (nSPS) is 10.1. The van der Waals surface area contributed by atoms with Crippen molar-refractivity contribution in [1.82, 2.24) is 15.1 Å². The van der Waals surface area contributed by atoms with Crippen molar-refractivity contribution >= 4 is 6.01 Å². The van der Waals surface area contributed by atoms with Gasteiger partial charge in [-0.15, -0.1) is 0 Å².